The highest BCUT2D eigenvalue weighted by atomic mass is 15.1. The first-order valence-corrected chi connectivity index (χ1v) is 6.06. The summed E-state index contributed by atoms with van der Waals surface area (Å²) >= 11 is 0. The van der Waals surface area contributed by atoms with Gasteiger partial charge in [0.2, 0.25) is 0 Å². The van der Waals surface area contributed by atoms with Gasteiger partial charge < -0.3 is 10.3 Å². The molecule has 0 radical (unpaired) electrons. The third-order valence-corrected chi connectivity index (χ3v) is 3.37. The molecule has 94 valence electrons. The number of imidazole rings is 1. The Balaban J connectivity index is 2.61. The molecule has 3 heteroatoms. The molecule has 0 unspecified atom stereocenters. The van der Waals surface area contributed by atoms with E-state index in [2.05, 4.69) is 37.5 Å². The van der Waals surface area contributed by atoms with Crippen LogP contribution in [0.4, 0.5) is 5.82 Å². The fraction of sp³-hybridized carbons (Fsp3) is 0.267. The van der Waals surface area contributed by atoms with Gasteiger partial charge in [-0.05, 0) is 31.9 Å². The number of hydrogen-bond acceptors (Lipinski definition) is 2. The minimum atomic E-state index is 0.690. The van der Waals surface area contributed by atoms with Crippen molar-refractivity contribution in [1.29, 1.82) is 0 Å². The summed E-state index contributed by atoms with van der Waals surface area (Å²) in [5.74, 6) is 1.63. The van der Waals surface area contributed by atoms with Crippen molar-refractivity contribution in [2.45, 2.75) is 27.3 Å². The van der Waals surface area contributed by atoms with Gasteiger partial charge in [-0.1, -0.05) is 24.3 Å². The van der Waals surface area contributed by atoms with Crippen LogP contribution < -0.4 is 5.73 Å². The molecule has 0 aliphatic carbocycles. The van der Waals surface area contributed by atoms with E-state index in [1.54, 1.807) is 0 Å². The number of nitrogen functional groups attached to an aromatic ring is 1. The minimum absolute atomic E-state index is 0.690. The molecule has 3 nitrogen and oxygen atoms in total. The fourth-order valence-corrected chi connectivity index (χ4v) is 2.15. The number of hydrogen-bond donors (Lipinski definition) is 1. The van der Waals surface area contributed by atoms with Crippen molar-refractivity contribution >= 4 is 5.82 Å². The van der Waals surface area contributed by atoms with Crippen molar-refractivity contribution in [3.63, 3.8) is 0 Å². The number of anilines is 1. The molecule has 0 saturated heterocycles. The van der Waals surface area contributed by atoms with Crippen molar-refractivity contribution in [2.75, 3.05) is 5.73 Å². The van der Waals surface area contributed by atoms with Crippen LogP contribution in [0.25, 0.3) is 11.3 Å². The van der Waals surface area contributed by atoms with Gasteiger partial charge in [0, 0.05) is 12.1 Å². The summed E-state index contributed by atoms with van der Waals surface area (Å²) in [5.41, 5.74) is 10.7. The summed E-state index contributed by atoms with van der Waals surface area (Å²) < 4.78 is 1.98. The summed E-state index contributed by atoms with van der Waals surface area (Å²) in [5, 5.41) is 0. The summed E-state index contributed by atoms with van der Waals surface area (Å²) in [7, 11) is 0. The first-order valence-electron chi connectivity index (χ1n) is 6.06. The van der Waals surface area contributed by atoms with Crippen molar-refractivity contribution in [3.8, 4) is 11.3 Å². The van der Waals surface area contributed by atoms with Gasteiger partial charge in [-0.2, -0.15) is 0 Å². The Morgan fingerprint density at radius 1 is 1.33 bits per heavy atom. The number of allylic oxidation sites excluding steroid dienone is 1. The zero-order chi connectivity index (χ0) is 13.3. The Bertz CT molecular complexity index is 594. The van der Waals surface area contributed by atoms with Gasteiger partial charge in [0.25, 0.3) is 0 Å². The Morgan fingerprint density at radius 3 is 2.72 bits per heavy atom. The third-order valence-electron chi connectivity index (χ3n) is 3.37. The lowest BCUT2D eigenvalue weighted by Gasteiger charge is -2.08. The van der Waals surface area contributed by atoms with Gasteiger partial charge in [-0.25, -0.2) is 4.98 Å². The van der Waals surface area contributed by atoms with Crippen LogP contribution in [-0.2, 0) is 6.54 Å². The lowest BCUT2D eigenvalue weighted by Crippen LogP contribution is -2.03. The molecule has 0 atom stereocenters. The Hall–Kier alpha value is -2.03. The topological polar surface area (TPSA) is 43.8 Å². The van der Waals surface area contributed by atoms with E-state index in [1.807, 2.05) is 23.6 Å². The summed E-state index contributed by atoms with van der Waals surface area (Å²) in [6, 6.07) is 6.21. The van der Waals surface area contributed by atoms with Gasteiger partial charge >= 0.3 is 0 Å². The smallest absolute Gasteiger partial charge is 0.132 e. The van der Waals surface area contributed by atoms with Crippen LogP contribution in [-0.4, -0.2) is 9.55 Å². The van der Waals surface area contributed by atoms with Crippen molar-refractivity contribution < 1.29 is 0 Å². The molecule has 0 bridgehead atoms. The Morgan fingerprint density at radius 2 is 2.06 bits per heavy atom. The highest BCUT2D eigenvalue weighted by Crippen LogP contribution is 2.30. The number of nitrogens with two attached hydrogens (primary N) is 1. The number of aromatic nitrogens is 2. The number of nitrogens with zero attached hydrogens (tertiary/aromatic N) is 2. The van der Waals surface area contributed by atoms with E-state index in [0.717, 1.165) is 17.1 Å². The quantitative estimate of drug-likeness (QED) is 0.838. The zero-order valence-electron chi connectivity index (χ0n) is 11.2. The second kappa shape index (κ2) is 4.69. The largest absolute Gasteiger partial charge is 0.383 e. The molecule has 0 saturated carbocycles. The fourth-order valence-electron chi connectivity index (χ4n) is 2.15. The predicted octanol–water partition coefficient (Wildman–Crippen LogP) is 3.24. The maximum absolute atomic E-state index is 6.19. The molecule has 1 heterocycles. The highest BCUT2D eigenvalue weighted by Gasteiger charge is 2.14. The van der Waals surface area contributed by atoms with Gasteiger partial charge in [0.15, 0.2) is 0 Å². The van der Waals surface area contributed by atoms with Crippen LogP contribution in [0, 0.1) is 20.8 Å². The average Bonchev–Trinajstić information content (AvgIpc) is 2.61. The van der Waals surface area contributed by atoms with E-state index >= 15 is 0 Å². The molecule has 1 aromatic heterocycles. The molecule has 0 fully saturated rings. The van der Waals surface area contributed by atoms with Crippen LogP contribution in [0.15, 0.2) is 30.9 Å². The van der Waals surface area contributed by atoms with Crippen molar-refractivity contribution in [2.24, 2.45) is 0 Å². The normalized spacial score (nSPS) is 10.6. The van der Waals surface area contributed by atoms with Crippen LogP contribution in [0.5, 0.6) is 0 Å². The second-order valence-corrected chi connectivity index (χ2v) is 4.54. The van der Waals surface area contributed by atoms with E-state index in [9.17, 15) is 0 Å². The van der Waals surface area contributed by atoms with Gasteiger partial charge in [-0.15, -0.1) is 6.58 Å². The Labute approximate surface area is 108 Å². The van der Waals surface area contributed by atoms with Crippen molar-refractivity contribution in [1.82, 2.24) is 9.55 Å². The molecular formula is C15H19N3. The van der Waals surface area contributed by atoms with Gasteiger partial charge in [-0.3, -0.25) is 0 Å². The second-order valence-electron chi connectivity index (χ2n) is 4.54. The van der Waals surface area contributed by atoms with Crippen molar-refractivity contribution in [3.05, 3.63) is 47.8 Å². The van der Waals surface area contributed by atoms with Crippen LogP contribution >= 0.6 is 0 Å². The van der Waals surface area contributed by atoms with E-state index in [4.69, 9.17) is 5.73 Å². The molecule has 1 aromatic carbocycles. The molecule has 0 aliphatic heterocycles. The molecular weight excluding hydrogens is 222 g/mol. The van der Waals surface area contributed by atoms with Gasteiger partial charge in [0.1, 0.15) is 17.3 Å². The first kappa shape index (κ1) is 12.4. The lowest BCUT2D eigenvalue weighted by molar-refractivity contribution is 0.792. The summed E-state index contributed by atoms with van der Waals surface area (Å²) in [6.07, 6.45) is 1.83. The first-order chi connectivity index (χ1) is 8.56. The van der Waals surface area contributed by atoms with E-state index < -0.39 is 0 Å². The average molecular weight is 241 g/mol. The Kier molecular flexibility index (Phi) is 3.24. The van der Waals surface area contributed by atoms with Crippen LogP contribution in [0.3, 0.4) is 0 Å². The molecule has 0 aliphatic rings. The third kappa shape index (κ3) is 1.92. The maximum Gasteiger partial charge on any atom is 0.132 e. The SMILES string of the molecule is C=CCn1c(C)nc(-c2cccc(C)c2C)c1N. The number of aryl methyl sites for hydroxylation is 2. The zero-order valence-corrected chi connectivity index (χ0v) is 11.2. The molecule has 2 N–H and O–H groups in total. The maximum atomic E-state index is 6.19. The molecule has 0 amide bonds. The molecule has 2 aromatic rings. The molecule has 18 heavy (non-hydrogen) atoms. The number of rotatable bonds is 3. The summed E-state index contributed by atoms with van der Waals surface area (Å²) in [4.78, 5) is 4.59. The minimum Gasteiger partial charge on any atom is -0.383 e. The van der Waals surface area contributed by atoms with E-state index in [0.29, 0.717) is 12.4 Å². The highest BCUT2D eigenvalue weighted by molar-refractivity contribution is 5.74. The lowest BCUT2D eigenvalue weighted by atomic mass is 10.0. The summed E-state index contributed by atoms with van der Waals surface area (Å²) in [6.45, 7) is 10.6. The number of benzene rings is 1. The van der Waals surface area contributed by atoms with Gasteiger partial charge in [0.05, 0.1) is 0 Å². The van der Waals surface area contributed by atoms with Crippen LogP contribution in [0.2, 0.25) is 0 Å². The predicted molar refractivity (Wildman–Crippen MR) is 76.5 cm³/mol. The van der Waals surface area contributed by atoms with E-state index in [1.165, 1.54) is 11.1 Å². The monoisotopic (exact) mass is 241 g/mol. The standard InChI is InChI=1S/C15H19N3/c1-5-9-18-12(4)17-14(15(18)16)13-8-6-7-10(2)11(13)3/h5-8H,1,9,16H2,2-4H3. The van der Waals surface area contributed by atoms with E-state index in [-0.39, 0.29) is 0 Å². The molecule has 0 spiro atoms. The van der Waals surface area contributed by atoms with Crippen LogP contribution in [0.1, 0.15) is 17.0 Å². The molecule has 2 rings (SSSR count).